The maximum absolute atomic E-state index is 14.0. The van der Waals surface area contributed by atoms with Crippen LogP contribution in [-0.2, 0) is 11.2 Å². The highest BCUT2D eigenvalue weighted by Crippen LogP contribution is 2.36. The molecule has 39 heavy (non-hydrogen) atoms. The predicted octanol–water partition coefficient (Wildman–Crippen LogP) is 4.49. The number of ketones is 1. The number of benzene rings is 2. The van der Waals surface area contributed by atoms with Gasteiger partial charge in [0.15, 0.2) is 5.78 Å². The Labute approximate surface area is 231 Å². The number of piperazine rings is 1. The zero-order chi connectivity index (χ0) is 28.0. The van der Waals surface area contributed by atoms with E-state index >= 15 is 0 Å². The lowest BCUT2D eigenvalue weighted by molar-refractivity contribution is -0.145. The number of amides is 2. The predicted molar refractivity (Wildman–Crippen MR) is 150 cm³/mol. The van der Waals surface area contributed by atoms with E-state index in [-0.39, 0.29) is 24.0 Å². The van der Waals surface area contributed by atoms with Crippen molar-refractivity contribution in [3.8, 4) is 5.75 Å². The van der Waals surface area contributed by atoms with E-state index in [1.807, 2.05) is 80.3 Å². The summed E-state index contributed by atoms with van der Waals surface area (Å²) in [6, 6.07) is 17.0. The van der Waals surface area contributed by atoms with Gasteiger partial charge in [0.25, 0.3) is 0 Å². The molecular formula is C31H41N3O5. The molecule has 0 unspecified atom stereocenters. The van der Waals surface area contributed by atoms with Crippen LogP contribution in [0, 0.1) is 11.3 Å². The molecule has 2 amide bonds. The smallest absolute Gasteiger partial charge is 0.405 e. The van der Waals surface area contributed by atoms with Gasteiger partial charge in [-0.15, -0.1) is 0 Å². The first-order valence-corrected chi connectivity index (χ1v) is 13.9. The third kappa shape index (κ3) is 7.18. The summed E-state index contributed by atoms with van der Waals surface area (Å²) in [5.41, 5.74) is -0.252. The SMILES string of the molecule is CC(C)(C)[C@@](Cc1ccccc1)(NC(=O)O)C(=O)N1CCN(CCCOc2ccc(C(=O)C3CC3)cc2)CC1. The van der Waals surface area contributed by atoms with Gasteiger partial charge in [-0.1, -0.05) is 51.1 Å². The minimum Gasteiger partial charge on any atom is -0.494 e. The van der Waals surface area contributed by atoms with Crippen LogP contribution in [0.3, 0.4) is 0 Å². The quantitative estimate of drug-likeness (QED) is 0.325. The number of hydrogen-bond donors (Lipinski definition) is 2. The summed E-state index contributed by atoms with van der Waals surface area (Å²) in [5, 5.41) is 12.4. The Hall–Kier alpha value is -3.39. The summed E-state index contributed by atoms with van der Waals surface area (Å²) >= 11 is 0. The van der Waals surface area contributed by atoms with Crippen molar-refractivity contribution in [2.45, 2.75) is 52.0 Å². The molecule has 1 heterocycles. The van der Waals surface area contributed by atoms with Crippen molar-refractivity contribution in [3.63, 3.8) is 0 Å². The van der Waals surface area contributed by atoms with Crippen molar-refractivity contribution in [3.05, 3.63) is 65.7 Å². The molecule has 0 radical (unpaired) electrons. The lowest BCUT2D eigenvalue weighted by Crippen LogP contribution is -2.68. The van der Waals surface area contributed by atoms with Crippen LogP contribution >= 0.6 is 0 Å². The molecule has 8 heteroatoms. The lowest BCUT2D eigenvalue weighted by Gasteiger charge is -2.47. The maximum atomic E-state index is 14.0. The van der Waals surface area contributed by atoms with Crippen molar-refractivity contribution in [2.24, 2.45) is 11.3 Å². The Kier molecular flexibility index (Phi) is 8.95. The van der Waals surface area contributed by atoms with E-state index in [0.717, 1.165) is 55.8 Å². The van der Waals surface area contributed by atoms with Gasteiger partial charge in [-0.2, -0.15) is 0 Å². The maximum Gasteiger partial charge on any atom is 0.405 e. The third-order valence-electron chi connectivity index (χ3n) is 7.91. The summed E-state index contributed by atoms with van der Waals surface area (Å²) in [6.07, 6.45) is 1.94. The second-order valence-corrected chi connectivity index (χ2v) is 11.7. The van der Waals surface area contributed by atoms with Crippen LogP contribution < -0.4 is 10.1 Å². The average molecular weight is 536 g/mol. The number of nitrogens with zero attached hydrogens (tertiary/aromatic N) is 2. The largest absolute Gasteiger partial charge is 0.494 e. The number of carboxylic acid groups (broad SMARTS) is 1. The van der Waals surface area contributed by atoms with Gasteiger partial charge in [0.05, 0.1) is 6.61 Å². The molecule has 2 aromatic carbocycles. The van der Waals surface area contributed by atoms with Crippen LogP contribution in [-0.4, -0.2) is 77.6 Å². The summed E-state index contributed by atoms with van der Waals surface area (Å²) in [7, 11) is 0. The van der Waals surface area contributed by atoms with Crippen LogP contribution in [0.5, 0.6) is 5.75 Å². The first-order chi connectivity index (χ1) is 18.6. The van der Waals surface area contributed by atoms with Crippen LogP contribution in [0.2, 0.25) is 0 Å². The third-order valence-corrected chi connectivity index (χ3v) is 7.91. The number of hydrogen-bond acceptors (Lipinski definition) is 5. The first kappa shape index (κ1) is 28.6. The molecule has 1 atom stereocenters. The van der Waals surface area contributed by atoms with Gasteiger partial charge in [-0.25, -0.2) is 4.79 Å². The standard InChI is InChI=1S/C31H41N3O5/c1-30(2,3)31(32-29(37)38,22-23-8-5-4-6-9-23)28(36)34-19-17-33(18-20-34)16-7-21-39-26-14-12-25(13-15-26)27(35)24-10-11-24/h4-6,8-9,12-15,24,32H,7,10-11,16-22H2,1-3H3,(H,37,38)/t31-/m0/s1. The Morgan fingerprint density at radius 3 is 2.15 bits per heavy atom. The molecule has 1 aliphatic heterocycles. The molecule has 1 saturated heterocycles. The highest BCUT2D eigenvalue weighted by molar-refractivity contribution is 5.99. The second-order valence-electron chi connectivity index (χ2n) is 11.7. The summed E-state index contributed by atoms with van der Waals surface area (Å²) < 4.78 is 5.88. The van der Waals surface area contributed by atoms with E-state index in [4.69, 9.17) is 4.74 Å². The minimum atomic E-state index is -1.28. The molecule has 4 rings (SSSR count). The zero-order valence-electron chi connectivity index (χ0n) is 23.3. The van der Waals surface area contributed by atoms with Crippen LogP contribution in [0.1, 0.15) is 56.0 Å². The summed E-state index contributed by atoms with van der Waals surface area (Å²) in [4.78, 5) is 42.1. The number of nitrogens with one attached hydrogen (secondary N) is 1. The van der Waals surface area contributed by atoms with Crippen LogP contribution in [0.4, 0.5) is 4.79 Å². The fourth-order valence-corrected chi connectivity index (χ4v) is 5.25. The van der Waals surface area contributed by atoms with Crippen molar-refractivity contribution in [1.29, 1.82) is 0 Å². The van der Waals surface area contributed by atoms with Crippen molar-refractivity contribution in [2.75, 3.05) is 39.3 Å². The van der Waals surface area contributed by atoms with Crippen molar-refractivity contribution in [1.82, 2.24) is 15.1 Å². The summed E-state index contributed by atoms with van der Waals surface area (Å²) in [5.74, 6) is 1.04. The Morgan fingerprint density at radius 1 is 0.949 bits per heavy atom. The molecule has 2 aromatic rings. The highest BCUT2D eigenvalue weighted by atomic mass is 16.5. The lowest BCUT2D eigenvalue weighted by atomic mass is 9.69. The molecule has 8 nitrogen and oxygen atoms in total. The van der Waals surface area contributed by atoms with E-state index in [1.54, 1.807) is 0 Å². The van der Waals surface area contributed by atoms with Crippen molar-refractivity contribution >= 4 is 17.8 Å². The molecule has 2 aliphatic rings. The number of carbonyl (C=O) groups excluding carboxylic acids is 2. The molecule has 210 valence electrons. The molecule has 0 aromatic heterocycles. The van der Waals surface area contributed by atoms with E-state index in [2.05, 4.69) is 10.2 Å². The topological polar surface area (TPSA) is 99.2 Å². The number of rotatable bonds is 11. The average Bonchev–Trinajstić information content (AvgIpc) is 3.76. The van der Waals surface area contributed by atoms with Gasteiger partial charge in [-0.05, 0) is 54.5 Å². The number of carbonyl (C=O) groups is 3. The molecule has 0 spiro atoms. The van der Waals surface area contributed by atoms with Gasteiger partial charge in [-0.3, -0.25) is 14.5 Å². The Bertz CT molecular complexity index is 1130. The minimum absolute atomic E-state index is 0.173. The second kappa shape index (κ2) is 12.2. The van der Waals surface area contributed by atoms with Crippen molar-refractivity contribution < 1.29 is 24.2 Å². The van der Waals surface area contributed by atoms with Gasteiger partial charge >= 0.3 is 6.09 Å². The van der Waals surface area contributed by atoms with Gasteiger partial charge in [0, 0.05) is 50.6 Å². The van der Waals surface area contributed by atoms with Crippen LogP contribution in [0.15, 0.2) is 54.6 Å². The fourth-order valence-electron chi connectivity index (χ4n) is 5.25. The van der Waals surface area contributed by atoms with Gasteiger partial charge < -0.3 is 20.1 Å². The van der Waals surface area contributed by atoms with Crippen LogP contribution in [0.25, 0.3) is 0 Å². The molecule has 1 saturated carbocycles. The van der Waals surface area contributed by atoms with E-state index in [9.17, 15) is 19.5 Å². The first-order valence-electron chi connectivity index (χ1n) is 13.9. The van der Waals surface area contributed by atoms with Gasteiger partial charge in [0.1, 0.15) is 11.3 Å². The fraction of sp³-hybridized carbons (Fsp3) is 0.516. The Balaban J connectivity index is 1.28. The molecule has 1 aliphatic carbocycles. The molecule has 0 bridgehead atoms. The van der Waals surface area contributed by atoms with E-state index < -0.39 is 17.0 Å². The Morgan fingerprint density at radius 2 is 1.59 bits per heavy atom. The monoisotopic (exact) mass is 535 g/mol. The van der Waals surface area contributed by atoms with Gasteiger partial charge in [0.2, 0.25) is 5.91 Å². The number of Topliss-reactive ketones (excluding diaryl/α,β-unsaturated/α-hetero) is 1. The van der Waals surface area contributed by atoms with E-state index in [1.165, 1.54) is 0 Å². The highest BCUT2D eigenvalue weighted by Gasteiger charge is 2.52. The summed E-state index contributed by atoms with van der Waals surface area (Å²) in [6.45, 7) is 9.71. The molecule has 2 N–H and O–H groups in total. The molecular weight excluding hydrogens is 494 g/mol. The van der Waals surface area contributed by atoms with E-state index in [0.29, 0.717) is 19.7 Å². The number of ether oxygens (including phenoxy) is 1. The zero-order valence-corrected chi connectivity index (χ0v) is 23.3. The normalized spacial score (nSPS) is 17.8. The molecule has 2 fully saturated rings.